The Labute approximate surface area is 143 Å². The van der Waals surface area contributed by atoms with Crippen molar-refractivity contribution in [3.05, 3.63) is 29.7 Å². The van der Waals surface area contributed by atoms with Gasteiger partial charge in [0.15, 0.2) is 5.78 Å². The van der Waals surface area contributed by atoms with E-state index >= 15 is 0 Å². The van der Waals surface area contributed by atoms with Gasteiger partial charge in [-0.05, 0) is 24.8 Å². The molecule has 5 nitrogen and oxygen atoms in total. The maximum Gasteiger partial charge on any atom is 0.179 e. The molecule has 126 valence electrons. The largest absolute Gasteiger partial charge is 0.356 e. The molecule has 1 aliphatic heterocycles. The second kappa shape index (κ2) is 5.14. The molecule has 1 fully saturated rings. The maximum atomic E-state index is 12.8. The second-order valence-electron chi connectivity index (χ2n) is 8.01. The minimum atomic E-state index is -0.560. The van der Waals surface area contributed by atoms with Crippen LogP contribution in [-0.2, 0) is 4.79 Å². The van der Waals surface area contributed by atoms with E-state index in [1.807, 2.05) is 32.9 Å². The molecule has 0 spiro atoms. The van der Waals surface area contributed by atoms with Crippen molar-refractivity contribution in [3.63, 3.8) is 0 Å². The number of piperidine rings is 1. The summed E-state index contributed by atoms with van der Waals surface area (Å²) in [5.41, 5.74) is -0.738. The molecule has 0 amide bonds. The van der Waals surface area contributed by atoms with Gasteiger partial charge in [-0.1, -0.05) is 33.8 Å². The first-order chi connectivity index (χ1) is 11.1. The summed E-state index contributed by atoms with van der Waals surface area (Å²) in [6.45, 7) is 11.8. The monoisotopic (exact) mass is 324 g/mol. The summed E-state index contributed by atoms with van der Waals surface area (Å²) in [5, 5.41) is 9.43. The first-order valence-corrected chi connectivity index (χ1v) is 8.37. The van der Waals surface area contributed by atoms with Crippen LogP contribution >= 0.6 is 0 Å². The van der Waals surface area contributed by atoms with Crippen molar-refractivity contribution < 1.29 is 4.79 Å². The van der Waals surface area contributed by atoms with Crippen LogP contribution in [0.2, 0.25) is 0 Å². The molecule has 24 heavy (non-hydrogen) atoms. The standard InChI is InChI=1S/C19H24N4O/c1-13-21-8-6-15(22-13)23-9-7-19(5)17(2,3)16(24)14(11-20)10-18(19,4)12-23/h6,8,10H,7,9,12H2,1-5H3/t18-,19+/m0/s1. The average Bonchev–Trinajstić information content (AvgIpc) is 2.53. The molecule has 2 atom stereocenters. The molecule has 0 aromatic carbocycles. The molecule has 0 saturated carbocycles. The maximum absolute atomic E-state index is 12.8. The lowest BCUT2D eigenvalue weighted by atomic mass is 9.46. The number of carbonyl (C=O) groups is 1. The Balaban J connectivity index is 2.06. The number of allylic oxidation sites excluding steroid dienone is 1. The van der Waals surface area contributed by atoms with Crippen molar-refractivity contribution in [2.45, 2.75) is 41.0 Å². The summed E-state index contributed by atoms with van der Waals surface area (Å²) in [5.74, 6) is 1.63. The smallest absolute Gasteiger partial charge is 0.179 e. The normalized spacial score (nSPS) is 31.9. The van der Waals surface area contributed by atoms with Gasteiger partial charge in [0.1, 0.15) is 17.7 Å². The van der Waals surface area contributed by atoms with Crippen molar-refractivity contribution >= 4 is 11.6 Å². The molecular formula is C19H24N4O. The number of ketones is 1. The van der Waals surface area contributed by atoms with Gasteiger partial charge in [-0.3, -0.25) is 4.79 Å². The Morgan fingerprint density at radius 1 is 1.29 bits per heavy atom. The van der Waals surface area contributed by atoms with Crippen LogP contribution in [0.3, 0.4) is 0 Å². The zero-order chi connectivity index (χ0) is 17.8. The van der Waals surface area contributed by atoms with Crippen LogP contribution in [0.4, 0.5) is 5.82 Å². The second-order valence-corrected chi connectivity index (χ2v) is 8.01. The summed E-state index contributed by atoms with van der Waals surface area (Å²) >= 11 is 0. The molecule has 0 bridgehead atoms. The van der Waals surface area contributed by atoms with Gasteiger partial charge in [-0.2, -0.15) is 5.26 Å². The third-order valence-corrected chi connectivity index (χ3v) is 6.52. The Morgan fingerprint density at radius 3 is 2.62 bits per heavy atom. The van der Waals surface area contributed by atoms with Crippen LogP contribution in [0, 0.1) is 34.5 Å². The molecule has 1 aromatic rings. The molecule has 2 heterocycles. The molecule has 2 aliphatic rings. The van der Waals surface area contributed by atoms with Gasteiger partial charge in [0.2, 0.25) is 0 Å². The average molecular weight is 324 g/mol. The fraction of sp³-hybridized carbons (Fsp3) is 0.579. The number of fused-ring (bicyclic) bond motifs is 1. The number of aromatic nitrogens is 2. The molecule has 3 rings (SSSR count). The van der Waals surface area contributed by atoms with Crippen molar-refractivity contribution in [2.75, 3.05) is 18.0 Å². The summed E-state index contributed by atoms with van der Waals surface area (Å²) in [7, 11) is 0. The summed E-state index contributed by atoms with van der Waals surface area (Å²) < 4.78 is 0. The lowest BCUT2D eigenvalue weighted by molar-refractivity contribution is -0.139. The highest BCUT2D eigenvalue weighted by Gasteiger charge is 2.61. The molecular weight excluding hydrogens is 300 g/mol. The zero-order valence-electron chi connectivity index (χ0n) is 15.1. The van der Waals surface area contributed by atoms with Gasteiger partial charge in [-0.25, -0.2) is 9.97 Å². The van der Waals surface area contributed by atoms with Gasteiger partial charge < -0.3 is 4.90 Å². The van der Waals surface area contributed by atoms with E-state index in [4.69, 9.17) is 0 Å². The lowest BCUT2D eigenvalue weighted by Gasteiger charge is -2.60. The predicted octanol–water partition coefficient (Wildman–Crippen LogP) is 3.07. The molecule has 1 aliphatic carbocycles. The molecule has 0 radical (unpaired) electrons. The molecule has 1 saturated heterocycles. The number of carbonyl (C=O) groups excluding carboxylic acids is 1. The van der Waals surface area contributed by atoms with E-state index in [9.17, 15) is 10.1 Å². The Bertz CT molecular complexity index is 776. The van der Waals surface area contributed by atoms with E-state index in [2.05, 4.69) is 34.8 Å². The zero-order valence-corrected chi connectivity index (χ0v) is 15.1. The Morgan fingerprint density at radius 2 is 2.00 bits per heavy atom. The van der Waals surface area contributed by atoms with Gasteiger partial charge in [0, 0.05) is 30.1 Å². The highest BCUT2D eigenvalue weighted by molar-refractivity contribution is 6.04. The highest BCUT2D eigenvalue weighted by Crippen LogP contribution is 2.61. The minimum absolute atomic E-state index is 0.0312. The molecule has 0 unspecified atom stereocenters. The number of Topliss-reactive ketones (excluding diaryl/α,β-unsaturated/α-hetero) is 1. The number of rotatable bonds is 1. The first-order valence-electron chi connectivity index (χ1n) is 8.37. The van der Waals surface area contributed by atoms with E-state index in [0.29, 0.717) is 5.57 Å². The molecule has 5 heteroatoms. The quantitative estimate of drug-likeness (QED) is 0.794. The highest BCUT2D eigenvalue weighted by atomic mass is 16.1. The van der Waals surface area contributed by atoms with Gasteiger partial charge >= 0.3 is 0 Å². The van der Waals surface area contributed by atoms with Crippen molar-refractivity contribution in [1.82, 2.24) is 9.97 Å². The number of hydrogen-bond acceptors (Lipinski definition) is 5. The first kappa shape index (κ1) is 16.6. The van der Waals surface area contributed by atoms with Crippen molar-refractivity contribution in [1.29, 1.82) is 5.26 Å². The predicted molar refractivity (Wildman–Crippen MR) is 92.3 cm³/mol. The van der Waals surface area contributed by atoms with E-state index in [-0.39, 0.29) is 16.6 Å². The van der Waals surface area contributed by atoms with Crippen LogP contribution in [0.5, 0.6) is 0 Å². The third kappa shape index (κ3) is 2.09. The van der Waals surface area contributed by atoms with Crippen LogP contribution < -0.4 is 4.90 Å². The molecule has 0 N–H and O–H groups in total. The van der Waals surface area contributed by atoms with Gasteiger partial charge in [-0.15, -0.1) is 0 Å². The van der Waals surface area contributed by atoms with E-state index in [0.717, 1.165) is 31.2 Å². The number of nitrogens with zero attached hydrogens (tertiary/aromatic N) is 4. The van der Waals surface area contributed by atoms with Crippen LogP contribution in [0.1, 0.15) is 39.9 Å². The minimum Gasteiger partial charge on any atom is -0.356 e. The number of hydrogen-bond donors (Lipinski definition) is 0. The van der Waals surface area contributed by atoms with Crippen molar-refractivity contribution in [3.8, 4) is 6.07 Å². The van der Waals surface area contributed by atoms with Crippen LogP contribution in [-0.4, -0.2) is 28.8 Å². The van der Waals surface area contributed by atoms with Crippen molar-refractivity contribution in [2.24, 2.45) is 16.2 Å². The Hall–Kier alpha value is -2.22. The van der Waals surface area contributed by atoms with Gasteiger partial charge in [0.05, 0.1) is 5.57 Å². The number of nitriles is 1. The lowest BCUT2D eigenvalue weighted by Crippen LogP contribution is -2.62. The Kier molecular flexibility index (Phi) is 3.56. The van der Waals surface area contributed by atoms with Crippen LogP contribution in [0.25, 0.3) is 0 Å². The fourth-order valence-corrected chi connectivity index (χ4v) is 4.40. The summed E-state index contributed by atoms with van der Waals surface area (Å²) in [6, 6.07) is 4.04. The van der Waals surface area contributed by atoms with E-state index in [1.54, 1.807) is 6.20 Å². The van der Waals surface area contributed by atoms with E-state index in [1.165, 1.54) is 0 Å². The SMILES string of the molecule is Cc1nccc(N2CC[C@]3(C)C(C)(C)C(=O)C(C#N)=C[C@@]3(C)C2)n1. The van der Waals surface area contributed by atoms with E-state index < -0.39 is 5.41 Å². The summed E-state index contributed by atoms with van der Waals surface area (Å²) in [6.07, 6.45) is 4.56. The third-order valence-electron chi connectivity index (χ3n) is 6.52. The van der Waals surface area contributed by atoms with Crippen LogP contribution in [0.15, 0.2) is 23.9 Å². The number of aryl methyl sites for hydroxylation is 1. The fourth-order valence-electron chi connectivity index (χ4n) is 4.40. The number of anilines is 1. The van der Waals surface area contributed by atoms with Gasteiger partial charge in [0.25, 0.3) is 0 Å². The molecule has 1 aromatic heterocycles. The topological polar surface area (TPSA) is 69.9 Å². The summed E-state index contributed by atoms with van der Waals surface area (Å²) in [4.78, 5) is 23.7.